The second-order valence-corrected chi connectivity index (χ2v) is 6.67. The standard InChI is InChI=1S/C16H24FNO2S/c1-21-15-7-6-13(8-15)18-9-14(19)11-20-10-12-4-2-3-5-16(12)17/h2-5,13-15,18-19H,6-11H2,1H3. The van der Waals surface area contributed by atoms with Gasteiger partial charge in [-0.2, -0.15) is 11.8 Å². The molecule has 0 bridgehead atoms. The molecule has 1 saturated carbocycles. The Labute approximate surface area is 130 Å². The molecule has 0 aliphatic heterocycles. The predicted octanol–water partition coefficient (Wildman–Crippen LogP) is 2.58. The van der Waals surface area contributed by atoms with Crippen molar-refractivity contribution in [1.82, 2.24) is 5.32 Å². The number of thioether (sulfide) groups is 1. The quantitative estimate of drug-likeness (QED) is 0.774. The first-order valence-corrected chi connectivity index (χ1v) is 8.73. The molecule has 2 rings (SSSR count). The highest BCUT2D eigenvalue weighted by Crippen LogP contribution is 2.27. The van der Waals surface area contributed by atoms with E-state index < -0.39 is 6.10 Å². The normalized spacial score (nSPS) is 23.4. The fourth-order valence-electron chi connectivity index (χ4n) is 2.62. The van der Waals surface area contributed by atoms with Crippen LogP contribution >= 0.6 is 11.8 Å². The Morgan fingerprint density at radius 2 is 2.24 bits per heavy atom. The summed E-state index contributed by atoms with van der Waals surface area (Å²) >= 11 is 1.92. The highest BCUT2D eigenvalue weighted by molar-refractivity contribution is 7.99. The Bertz CT molecular complexity index is 432. The van der Waals surface area contributed by atoms with Gasteiger partial charge in [0.1, 0.15) is 5.82 Å². The first-order chi connectivity index (χ1) is 10.2. The van der Waals surface area contributed by atoms with Crippen LogP contribution in [0.25, 0.3) is 0 Å². The first-order valence-electron chi connectivity index (χ1n) is 7.44. The first kappa shape index (κ1) is 16.7. The highest BCUT2D eigenvalue weighted by Gasteiger charge is 2.23. The summed E-state index contributed by atoms with van der Waals surface area (Å²) in [7, 11) is 0. The lowest BCUT2D eigenvalue weighted by Gasteiger charge is -2.17. The molecular formula is C16H24FNO2S. The number of benzene rings is 1. The van der Waals surface area contributed by atoms with Crippen LogP contribution in [0.2, 0.25) is 0 Å². The molecule has 2 N–H and O–H groups in total. The van der Waals surface area contributed by atoms with E-state index in [1.165, 1.54) is 25.3 Å². The van der Waals surface area contributed by atoms with Gasteiger partial charge in [0.2, 0.25) is 0 Å². The minimum Gasteiger partial charge on any atom is -0.389 e. The van der Waals surface area contributed by atoms with E-state index in [-0.39, 0.29) is 19.0 Å². The number of rotatable bonds is 8. The van der Waals surface area contributed by atoms with Gasteiger partial charge in [-0.15, -0.1) is 0 Å². The van der Waals surface area contributed by atoms with Gasteiger partial charge < -0.3 is 15.2 Å². The zero-order valence-electron chi connectivity index (χ0n) is 12.4. The van der Waals surface area contributed by atoms with Crippen LogP contribution < -0.4 is 5.32 Å². The largest absolute Gasteiger partial charge is 0.389 e. The van der Waals surface area contributed by atoms with Crippen LogP contribution in [-0.4, -0.2) is 41.9 Å². The molecular weight excluding hydrogens is 289 g/mol. The lowest BCUT2D eigenvalue weighted by atomic mass is 10.2. The summed E-state index contributed by atoms with van der Waals surface area (Å²) in [5.74, 6) is -0.265. The van der Waals surface area contributed by atoms with Crippen LogP contribution in [0, 0.1) is 5.82 Å². The lowest BCUT2D eigenvalue weighted by Crippen LogP contribution is -2.36. The average molecular weight is 313 g/mol. The van der Waals surface area contributed by atoms with Crippen molar-refractivity contribution >= 4 is 11.8 Å². The minimum absolute atomic E-state index is 0.196. The molecule has 1 aromatic carbocycles. The van der Waals surface area contributed by atoms with Crippen molar-refractivity contribution in [3.05, 3.63) is 35.6 Å². The van der Waals surface area contributed by atoms with Gasteiger partial charge in [0.15, 0.2) is 0 Å². The summed E-state index contributed by atoms with van der Waals surface area (Å²) in [6.45, 7) is 0.949. The fourth-order valence-corrected chi connectivity index (χ4v) is 3.42. The van der Waals surface area contributed by atoms with Crippen molar-refractivity contribution in [2.45, 2.75) is 43.3 Å². The summed E-state index contributed by atoms with van der Waals surface area (Å²) in [6.07, 6.45) is 5.19. The van der Waals surface area contributed by atoms with Crippen LogP contribution in [-0.2, 0) is 11.3 Å². The van der Waals surface area contributed by atoms with Gasteiger partial charge >= 0.3 is 0 Å². The predicted molar refractivity (Wildman–Crippen MR) is 85.0 cm³/mol. The fraction of sp³-hybridized carbons (Fsp3) is 0.625. The molecule has 0 aromatic heterocycles. The number of hydrogen-bond donors (Lipinski definition) is 2. The van der Waals surface area contributed by atoms with Gasteiger partial charge in [0, 0.05) is 23.4 Å². The molecule has 3 atom stereocenters. The summed E-state index contributed by atoms with van der Waals surface area (Å²) in [5, 5.41) is 14.0. The van der Waals surface area contributed by atoms with E-state index in [4.69, 9.17) is 4.74 Å². The summed E-state index contributed by atoms with van der Waals surface area (Å²) in [5.41, 5.74) is 0.524. The zero-order chi connectivity index (χ0) is 15.1. The molecule has 3 unspecified atom stereocenters. The van der Waals surface area contributed by atoms with Gasteiger partial charge in [0.25, 0.3) is 0 Å². The second-order valence-electron chi connectivity index (χ2n) is 5.54. The van der Waals surface area contributed by atoms with Gasteiger partial charge in [-0.3, -0.25) is 0 Å². The number of nitrogens with one attached hydrogen (secondary N) is 1. The van der Waals surface area contributed by atoms with E-state index in [0.717, 1.165) is 5.25 Å². The molecule has 118 valence electrons. The van der Waals surface area contributed by atoms with E-state index in [1.807, 2.05) is 11.8 Å². The summed E-state index contributed by atoms with van der Waals surface area (Å²) < 4.78 is 18.8. The molecule has 0 heterocycles. The van der Waals surface area contributed by atoms with Crippen LogP contribution in [0.5, 0.6) is 0 Å². The van der Waals surface area contributed by atoms with Crippen molar-refractivity contribution in [2.24, 2.45) is 0 Å². The number of halogens is 1. The number of ether oxygens (including phenoxy) is 1. The third-order valence-corrected chi connectivity index (χ3v) is 4.98. The van der Waals surface area contributed by atoms with E-state index >= 15 is 0 Å². The maximum atomic E-state index is 13.4. The Kier molecular flexibility index (Phi) is 6.96. The number of aliphatic hydroxyl groups is 1. The van der Waals surface area contributed by atoms with Gasteiger partial charge in [0.05, 0.1) is 19.3 Å². The molecule has 1 aromatic rings. The van der Waals surface area contributed by atoms with Crippen molar-refractivity contribution < 1.29 is 14.2 Å². The molecule has 1 fully saturated rings. The van der Waals surface area contributed by atoms with Crippen LogP contribution in [0.3, 0.4) is 0 Å². The topological polar surface area (TPSA) is 41.5 Å². The third kappa shape index (κ3) is 5.58. The monoisotopic (exact) mass is 313 g/mol. The third-order valence-electron chi connectivity index (χ3n) is 3.89. The maximum Gasteiger partial charge on any atom is 0.128 e. The Morgan fingerprint density at radius 1 is 1.43 bits per heavy atom. The number of aliphatic hydroxyl groups excluding tert-OH is 1. The lowest BCUT2D eigenvalue weighted by molar-refractivity contribution is 0.0267. The molecule has 21 heavy (non-hydrogen) atoms. The smallest absolute Gasteiger partial charge is 0.128 e. The van der Waals surface area contributed by atoms with E-state index in [1.54, 1.807) is 18.2 Å². The van der Waals surface area contributed by atoms with Crippen molar-refractivity contribution in [3.63, 3.8) is 0 Å². The molecule has 5 heteroatoms. The molecule has 0 radical (unpaired) electrons. The SMILES string of the molecule is CSC1CCC(NCC(O)COCc2ccccc2F)C1. The van der Waals surface area contributed by atoms with Crippen LogP contribution in [0.15, 0.2) is 24.3 Å². The number of hydrogen-bond acceptors (Lipinski definition) is 4. The molecule has 0 amide bonds. The van der Waals surface area contributed by atoms with Crippen LogP contribution in [0.4, 0.5) is 4.39 Å². The molecule has 0 spiro atoms. The van der Waals surface area contributed by atoms with Crippen molar-refractivity contribution in [3.8, 4) is 0 Å². The van der Waals surface area contributed by atoms with Gasteiger partial charge in [-0.25, -0.2) is 4.39 Å². The summed E-state index contributed by atoms with van der Waals surface area (Å²) in [6, 6.07) is 7.05. The Morgan fingerprint density at radius 3 is 2.95 bits per heavy atom. The molecule has 1 aliphatic carbocycles. The van der Waals surface area contributed by atoms with Gasteiger partial charge in [-0.1, -0.05) is 18.2 Å². The maximum absolute atomic E-state index is 13.4. The Hall–Kier alpha value is -0.620. The van der Waals surface area contributed by atoms with E-state index in [9.17, 15) is 9.50 Å². The molecule has 0 saturated heterocycles. The molecule has 1 aliphatic rings. The zero-order valence-corrected chi connectivity index (χ0v) is 13.2. The second kappa shape index (κ2) is 8.73. The van der Waals surface area contributed by atoms with E-state index in [2.05, 4.69) is 11.6 Å². The van der Waals surface area contributed by atoms with Crippen LogP contribution in [0.1, 0.15) is 24.8 Å². The van der Waals surface area contributed by atoms with Crippen molar-refractivity contribution in [1.29, 1.82) is 0 Å². The van der Waals surface area contributed by atoms with Crippen molar-refractivity contribution in [2.75, 3.05) is 19.4 Å². The van der Waals surface area contributed by atoms with Gasteiger partial charge in [-0.05, 0) is 31.6 Å². The summed E-state index contributed by atoms with van der Waals surface area (Å²) in [4.78, 5) is 0. The Balaban J connectivity index is 1.60. The average Bonchev–Trinajstić information content (AvgIpc) is 2.95. The van der Waals surface area contributed by atoms with E-state index in [0.29, 0.717) is 18.2 Å². The minimum atomic E-state index is -0.551. The highest BCUT2D eigenvalue weighted by atomic mass is 32.2. The molecule has 3 nitrogen and oxygen atoms in total.